The summed E-state index contributed by atoms with van der Waals surface area (Å²) in [5.74, 6) is 1.44. The fourth-order valence-electron chi connectivity index (χ4n) is 1.32. The zero-order valence-electron chi connectivity index (χ0n) is 9.07. The predicted octanol–water partition coefficient (Wildman–Crippen LogP) is 2.94. The highest BCUT2D eigenvalue weighted by atomic mass is 79.9. The van der Waals surface area contributed by atoms with E-state index < -0.39 is 0 Å². The summed E-state index contributed by atoms with van der Waals surface area (Å²) >= 11 is 3.26. The Hall–Kier alpha value is -1.75. The van der Waals surface area contributed by atoms with Crippen LogP contribution in [-0.2, 0) is 0 Å². The molecule has 4 nitrogen and oxygen atoms in total. The Kier molecular flexibility index (Phi) is 3.49. The second kappa shape index (κ2) is 5.05. The first kappa shape index (κ1) is 11.7. The number of hydrogen-bond donors (Lipinski definition) is 1. The zero-order chi connectivity index (χ0) is 12.3. The standard InChI is InChI=1S/C12H10BrNO3/c1-16-8-3-2-4-9(7-8)17-11-10(13)5-6-14-12(11)15/h2-7H,1H3,(H,14,15). The fourth-order valence-corrected chi connectivity index (χ4v) is 1.71. The minimum Gasteiger partial charge on any atom is -0.497 e. The van der Waals surface area contributed by atoms with Gasteiger partial charge < -0.3 is 14.5 Å². The molecule has 1 N–H and O–H groups in total. The van der Waals surface area contributed by atoms with Crippen LogP contribution in [0.3, 0.4) is 0 Å². The quantitative estimate of drug-likeness (QED) is 0.947. The van der Waals surface area contributed by atoms with Crippen LogP contribution < -0.4 is 15.0 Å². The molecular weight excluding hydrogens is 286 g/mol. The average Bonchev–Trinajstić information content (AvgIpc) is 2.34. The molecule has 0 unspecified atom stereocenters. The lowest BCUT2D eigenvalue weighted by Crippen LogP contribution is -2.08. The van der Waals surface area contributed by atoms with E-state index in [9.17, 15) is 4.79 Å². The molecular formula is C12H10BrNO3. The SMILES string of the molecule is COc1cccc(Oc2c(Br)cc[nH]c2=O)c1. The van der Waals surface area contributed by atoms with E-state index in [4.69, 9.17) is 9.47 Å². The molecule has 0 amide bonds. The van der Waals surface area contributed by atoms with Gasteiger partial charge in [-0.3, -0.25) is 4.79 Å². The number of pyridine rings is 1. The van der Waals surface area contributed by atoms with Crippen LogP contribution in [0.1, 0.15) is 0 Å². The van der Waals surface area contributed by atoms with Crippen molar-refractivity contribution in [3.8, 4) is 17.2 Å². The summed E-state index contributed by atoms with van der Waals surface area (Å²) in [6.45, 7) is 0. The number of H-pyrrole nitrogens is 1. The Balaban J connectivity index is 2.34. The molecule has 5 heteroatoms. The van der Waals surface area contributed by atoms with Crippen molar-refractivity contribution in [2.45, 2.75) is 0 Å². The van der Waals surface area contributed by atoms with Crippen LogP contribution in [0.2, 0.25) is 0 Å². The second-order valence-electron chi connectivity index (χ2n) is 3.26. The van der Waals surface area contributed by atoms with Gasteiger partial charge in [0, 0.05) is 12.3 Å². The van der Waals surface area contributed by atoms with Crippen LogP contribution >= 0.6 is 15.9 Å². The highest BCUT2D eigenvalue weighted by Gasteiger charge is 2.07. The van der Waals surface area contributed by atoms with Gasteiger partial charge in [-0.15, -0.1) is 0 Å². The molecule has 0 saturated carbocycles. The molecule has 1 aromatic heterocycles. The molecule has 0 fully saturated rings. The number of aromatic nitrogens is 1. The maximum atomic E-state index is 11.6. The van der Waals surface area contributed by atoms with Crippen LogP contribution in [0.15, 0.2) is 45.8 Å². The topological polar surface area (TPSA) is 51.3 Å². The highest BCUT2D eigenvalue weighted by molar-refractivity contribution is 9.10. The van der Waals surface area contributed by atoms with E-state index in [0.29, 0.717) is 16.0 Å². The van der Waals surface area contributed by atoms with Crippen molar-refractivity contribution in [3.63, 3.8) is 0 Å². The molecule has 1 aromatic carbocycles. The van der Waals surface area contributed by atoms with E-state index in [1.54, 1.807) is 43.6 Å². The molecule has 2 aromatic rings. The summed E-state index contributed by atoms with van der Waals surface area (Å²) < 4.78 is 11.2. The molecule has 0 radical (unpaired) electrons. The number of nitrogens with one attached hydrogen (secondary N) is 1. The summed E-state index contributed by atoms with van der Waals surface area (Å²) in [6, 6.07) is 8.76. The summed E-state index contributed by atoms with van der Waals surface area (Å²) in [5.41, 5.74) is -0.290. The smallest absolute Gasteiger partial charge is 0.292 e. The molecule has 17 heavy (non-hydrogen) atoms. The van der Waals surface area contributed by atoms with Crippen LogP contribution in [-0.4, -0.2) is 12.1 Å². The lowest BCUT2D eigenvalue weighted by Gasteiger charge is -2.07. The number of methoxy groups -OCH3 is 1. The lowest BCUT2D eigenvalue weighted by atomic mass is 10.3. The molecule has 88 valence electrons. The Morgan fingerprint density at radius 1 is 1.24 bits per heavy atom. The molecule has 0 saturated heterocycles. The van der Waals surface area contributed by atoms with Crippen LogP contribution in [0.5, 0.6) is 17.2 Å². The fraction of sp³-hybridized carbons (Fsp3) is 0.0833. The van der Waals surface area contributed by atoms with Gasteiger partial charge in [0.05, 0.1) is 11.6 Å². The Bertz CT molecular complexity index is 580. The predicted molar refractivity (Wildman–Crippen MR) is 67.8 cm³/mol. The van der Waals surface area contributed by atoms with Crippen molar-refractivity contribution in [2.75, 3.05) is 7.11 Å². The van der Waals surface area contributed by atoms with Crippen molar-refractivity contribution in [2.24, 2.45) is 0 Å². The largest absolute Gasteiger partial charge is 0.497 e. The first-order valence-corrected chi connectivity index (χ1v) is 5.69. The van der Waals surface area contributed by atoms with E-state index in [1.807, 2.05) is 0 Å². The Labute approximate surface area is 106 Å². The van der Waals surface area contributed by atoms with Gasteiger partial charge in [-0.2, -0.15) is 0 Å². The first-order chi connectivity index (χ1) is 8.20. The minimum atomic E-state index is -0.290. The summed E-state index contributed by atoms with van der Waals surface area (Å²) in [6.07, 6.45) is 1.55. The molecule has 0 aliphatic carbocycles. The molecule has 0 aliphatic heterocycles. The summed E-state index contributed by atoms with van der Waals surface area (Å²) in [4.78, 5) is 14.1. The number of rotatable bonds is 3. The van der Waals surface area contributed by atoms with Crippen LogP contribution in [0, 0.1) is 0 Å². The van der Waals surface area contributed by atoms with E-state index in [2.05, 4.69) is 20.9 Å². The second-order valence-corrected chi connectivity index (χ2v) is 4.12. The van der Waals surface area contributed by atoms with Gasteiger partial charge in [0.25, 0.3) is 5.56 Å². The molecule has 0 aliphatic rings. The van der Waals surface area contributed by atoms with E-state index in [-0.39, 0.29) is 11.3 Å². The van der Waals surface area contributed by atoms with E-state index in [1.165, 1.54) is 0 Å². The summed E-state index contributed by atoms with van der Waals surface area (Å²) in [7, 11) is 1.57. The minimum absolute atomic E-state index is 0.223. The highest BCUT2D eigenvalue weighted by Crippen LogP contribution is 2.27. The van der Waals surface area contributed by atoms with Gasteiger partial charge in [0.2, 0.25) is 5.75 Å². The van der Waals surface area contributed by atoms with E-state index in [0.717, 1.165) is 0 Å². The van der Waals surface area contributed by atoms with Crippen molar-refractivity contribution < 1.29 is 9.47 Å². The summed E-state index contributed by atoms with van der Waals surface area (Å²) in [5, 5.41) is 0. The molecule has 1 heterocycles. The van der Waals surface area contributed by atoms with Gasteiger partial charge in [0.15, 0.2) is 0 Å². The number of ether oxygens (including phenoxy) is 2. The van der Waals surface area contributed by atoms with Gasteiger partial charge in [-0.1, -0.05) is 6.07 Å². The maximum Gasteiger partial charge on any atom is 0.292 e. The monoisotopic (exact) mass is 295 g/mol. The molecule has 2 rings (SSSR count). The third-order valence-electron chi connectivity index (χ3n) is 2.13. The number of halogens is 1. The van der Waals surface area contributed by atoms with Crippen molar-refractivity contribution in [3.05, 3.63) is 51.4 Å². The lowest BCUT2D eigenvalue weighted by molar-refractivity contribution is 0.408. The number of benzene rings is 1. The van der Waals surface area contributed by atoms with Crippen molar-refractivity contribution in [1.82, 2.24) is 4.98 Å². The van der Waals surface area contributed by atoms with Gasteiger partial charge in [-0.25, -0.2) is 0 Å². The molecule has 0 spiro atoms. The third kappa shape index (κ3) is 2.68. The first-order valence-electron chi connectivity index (χ1n) is 4.90. The Morgan fingerprint density at radius 3 is 2.71 bits per heavy atom. The van der Waals surface area contributed by atoms with Gasteiger partial charge >= 0.3 is 0 Å². The van der Waals surface area contributed by atoms with Crippen LogP contribution in [0.25, 0.3) is 0 Å². The van der Waals surface area contributed by atoms with Crippen LogP contribution in [0.4, 0.5) is 0 Å². The van der Waals surface area contributed by atoms with Crippen molar-refractivity contribution >= 4 is 15.9 Å². The van der Waals surface area contributed by atoms with E-state index >= 15 is 0 Å². The molecule has 0 atom stereocenters. The maximum absolute atomic E-state index is 11.6. The normalized spacial score (nSPS) is 10.0. The third-order valence-corrected chi connectivity index (χ3v) is 2.75. The van der Waals surface area contributed by atoms with Crippen molar-refractivity contribution in [1.29, 1.82) is 0 Å². The average molecular weight is 296 g/mol. The molecule has 0 bridgehead atoms. The van der Waals surface area contributed by atoms with Gasteiger partial charge in [0.1, 0.15) is 11.5 Å². The number of hydrogen-bond acceptors (Lipinski definition) is 3. The zero-order valence-corrected chi connectivity index (χ0v) is 10.7. The van der Waals surface area contributed by atoms with Gasteiger partial charge in [-0.05, 0) is 34.1 Å². The Morgan fingerprint density at radius 2 is 2.00 bits per heavy atom. The number of aromatic amines is 1.